The molecule has 0 aromatic heterocycles. The van der Waals surface area contributed by atoms with Gasteiger partial charge >= 0.3 is 0 Å². The van der Waals surface area contributed by atoms with Gasteiger partial charge in [0.2, 0.25) is 5.91 Å². The Balaban J connectivity index is 1.84. The van der Waals surface area contributed by atoms with E-state index < -0.39 is 0 Å². The van der Waals surface area contributed by atoms with E-state index in [4.69, 9.17) is 4.99 Å². The van der Waals surface area contributed by atoms with Crippen molar-refractivity contribution in [1.82, 2.24) is 16.0 Å². The Labute approximate surface area is 151 Å². The second kappa shape index (κ2) is 8.37. The van der Waals surface area contributed by atoms with Gasteiger partial charge in [-0.25, -0.2) is 0 Å². The summed E-state index contributed by atoms with van der Waals surface area (Å²) in [7, 11) is 0. The highest BCUT2D eigenvalue weighted by molar-refractivity contribution is 5.82. The lowest BCUT2D eigenvalue weighted by molar-refractivity contribution is -0.128. The second-order valence-electron chi connectivity index (χ2n) is 7.77. The molecule has 1 aliphatic carbocycles. The number of guanidine groups is 1. The van der Waals surface area contributed by atoms with Gasteiger partial charge in [-0.15, -0.1) is 0 Å². The monoisotopic (exact) mass is 344 g/mol. The summed E-state index contributed by atoms with van der Waals surface area (Å²) in [5.74, 6) is 0.881. The van der Waals surface area contributed by atoms with Crippen molar-refractivity contribution in [3.8, 4) is 0 Å². The average molecular weight is 345 g/mol. The molecule has 0 aliphatic heterocycles. The Hall–Kier alpha value is -2.04. The van der Waals surface area contributed by atoms with E-state index in [9.17, 15) is 4.79 Å². The summed E-state index contributed by atoms with van der Waals surface area (Å²) in [5.41, 5.74) is 1.24. The largest absolute Gasteiger partial charge is 0.357 e. The van der Waals surface area contributed by atoms with E-state index in [1.54, 1.807) is 0 Å². The topological polar surface area (TPSA) is 65.5 Å². The molecule has 5 heteroatoms. The molecular weight excluding hydrogens is 312 g/mol. The number of carbonyl (C=O) groups excluding carboxylic acids is 1. The minimum Gasteiger partial charge on any atom is -0.357 e. The maximum Gasteiger partial charge on any atom is 0.225 e. The smallest absolute Gasteiger partial charge is 0.225 e. The number of amides is 1. The molecule has 0 unspecified atom stereocenters. The number of hydrogen-bond donors (Lipinski definition) is 3. The van der Waals surface area contributed by atoms with Crippen LogP contribution < -0.4 is 16.0 Å². The molecule has 0 saturated heterocycles. The van der Waals surface area contributed by atoms with Crippen LogP contribution in [-0.4, -0.2) is 38.0 Å². The quantitative estimate of drug-likeness (QED) is 0.404. The SMILES string of the molecule is CCNC(=NCC1(c2ccccc2)CC1)NCCNC(=O)C(C)(C)C. The van der Waals surface area contributed by atoms with Gasteiger partial charge in [0.15, 0.2) is 5.96 Å². The van der Waals surface area contributed by atoms with Crippen LogP contribution >= 0.6 is 0 Å². The van der Waals surface area contributed by atoms with Gasteiger partial charge < -0.3 is 16.0 Å². The number of aliphatic imine (C=N–C) groups is 1. The highest BCUT2D eigenvalue weighted by Crippen LogP contribution is 2.48. The second-order valence-corrected chi connectivity index (χ2v) is 7.77. The third-order valence-corrected chi connectivity index (χ3v) is 4.51. The van der Waals surface area contributed by atoms with E-state index in [-0.39, 0.29) is 16.7 Å². The normalized spacial score (nSPS) is 16.2. The molecule has 0 bridgehead atoms. The molecule has 1 amide bonds. The van der Waals surface area contributed by atoms with Crippen molar-refractivity contribution in [3.05, 3.63) is 35.9 Å². The lowest BCUT2D eigenvalue weighted by Crippen LogP contribution is -2.43. The Morgan fingerprint density at radius 2 is 1.72 bits per heavy atom. The van der Waals surface area contributed by atoms with Crippen LogP contribution in [0.5, 0.6) is 0 Å². The molecule has 2 rings (SSSR count). The van der Waals surface area contributed by atoms with Gasteiger partial charge in [-0.3, -0.25) is 9.79 Å². The summed E-state index contributed by atoms with van der Waals surface area (Å²) < 4.78 is 0. The van der Waals surface area contributed by atoms with Crippen LogP contribution in [0, 0.1) is 5.41 Å². The van der Waals surface area contributed by atoms with E-state index in [0.29, 0.717) is 13.1 Å². The van der Waals surface area contributed by atoms with E-state index in [1.165, 1.54) is 18.4 Å². The average Bonchev–Trinajstić information content (AvgIpc) is 3.37. The zero-order valence-corrected chi connectivity index (χ0v) is 16.0. The molecule has 25 heavy (non-hydrogen) atoms. The number of nitrogens with one attached hydrogen (secondary N) is 3. The van der Waals surface area contributed by atoms with E-state index in [1.807, 2.05) is 20.8 Å². The lowest BCUT2D eigenvalue weighted by atomic mass is 9.96. The predicted molar refractivity (Wildman–Crippen MR) is 104 cm³/mol. The van der Waals surface area contributed by atoms with E-state index in [2.05, 4.69) is 53.2 Å². The Morgan fingerprint density at radius 1 is 1.08 bits per heavy atom. The van der Waals surface area contributed by atoms with Gasteiger partial charge in [-0.05, 0) is 25.3 Å². The number of hydrogen-bond acceptors (Lipinski definition) is 2. The maximum absolute atomic E-state index is 11.9. The molecule has 0 radical (unpaired) electrons. The summed E-state index contributed by atoms with van der Waals surface area (Å²) in [6.07, 6.45) is 2.39. The van der Waals surface area contributed by atoms with Crippen LogP contribution in [0.3, 0.4) is 0 Å². The third kappa shape index (κ3) is 5.76. The van der Waals surface area contributed by atoms with Gasteiger partial charge in [0.25, 0.3) is 0 Å². The first-order chi connectivity index (χ1) is 11.9. The van der Waals surface area contributed by atoms with E-state index >= 15 is 0 Å². The van der Waals surface area contributed by atoms with Crippen LogP contribution in [-0.2, 0) is 10.2 Å². The van der Waals surface area contributed by atoms with Gasteiger partial charge in [0.1, 0.15) is 0 Å². The zero-order chi connectivity index (χ0) is 18.3. The first-order valence-corrected chi connectivity index (χ1v) is 9.23. The number of rotatable bonds is 7. The number of carbonyl (C=O) groups is 1. The fourth-order valence-electron chi connectivity index (χ4n) is 2.67. The Morgan fingerprint density at radius 3 is 2.28 bits per heavy atom. The van der Waals surface area contributed by atoms with Crippen LogP contribution in [0.15, 0.2) is 35.3 Å². The number of benzene rings is 1. The summed E-state index contributed by atoms with van der Waals surface area (Å²) in [6.45, 7) is 10.7. The summed E-state index contributed by atoms with van der Waals surface area (Å²) in [5, 5.41) is 9.53. The molecule has 0 spiro atoms. The molecule has 1 aromatic carbocycles. The molecule has 0 atom stereocenters. The third-order valence-electron chi connectivity index (χ3n) is 4.51. The van der Waals surface area contributed by atoms with Crippen molar-refractivity contribution >= 4 is 11.9 Å². The molecule has 0 heterocycles. The standard InChI is InChI=1S/C20H32N4O/c1-5-21-18(23-14-13-22-17(25)19(2,3)4)24-15-20(11-12-20)16-9-7-6-8-10-16/h6-10H,5,11-15H2,1-4H3,(H,22,25)(H2,21,23,24). The van der Waals surface area contributed by atoms with Crippen LogP contribution in [0.4, 0.5) is 0 Å². The fraction of sp³-hybridized carbons (Fsp3) is 0.600. The van der Waals surface area contributed by atoms with Crippen LogP contribution in [0.2, 0.25) is 0 Å². The maximum atomic E-state index is 11.9. The van der Waals surface area contributed by atoms with E-state index in [0.717, 1.165) is 19.0 Å². The highest BCUT2D eigenvalue weighted by Gasteiger charge is 2.43. The molecule has 3 N–H and O–H groups in total. The van der Waals surface area contributed by atoms with Gasteiger partial charge in [0, 0.05) is 30.5 Å². The van der Waals surface area contributed by atoms with Crippen molar-refractivity contribution in [2.75, 3.05) is 26.2 Å². The lowest BCUT2D eigenvalue weighted by Gasteiger charge is -2.19. The molecule has 1 aliphatic rings. The molecule has 1 saturated carbocycles. The molecule has 1 aromatic rings. The summed E-state index contributed by atoms with van der Waals surface area (Å²) in [6, 6.07) is 10.6. The molecule has 138 valence electrons. The fourth-order valence-corrected chi connectivity index (χ4v) is 2.67. The first kappa shape index (κ1) is 19.3. The minimum atomic E-state index is -0.355. The first-order valence-electron chi connectivity index (χ1n) is 9.23. The zero-order valence-electron chi connectivity index (χ0n) is 16.0. The summed E-state index contributed by atoms with van der Waals surface area (Å²) in [4.78, 5) is 16.6. The Kier molecular flexibility index (Phi) is 6.45. The van der Waals surface area contributed by atoms with Crippen molar-refractivity contribution in [2.24, 2.45) is 10.4 Å². The minimum absolute atomic E-state index is 0.0669. The summed E-state index contributed by atoms with van der Waals surface area (Å²) >= 11 is 0. The van der Waals surface area contributed by atoms with Crippen molar-refractivity contribution in [1.29, 1.82) is 0 Å². The van der Waals surface area contributed by atoms with Gasteiger partial charge in [0.05, 0.1) is 6.54 Å². The van der Waals surface area contributed by atoms with Crippen molar-refractivity contribution in [2.45, 2.75) is 46.0 Å². The molecule has 5 nitrogen and oxygen atoms in total. The van der Waals surface area contributed by atoms with Gasteiger partial charge in [-0.2, -0.15) is 0 Å². The van der Waals surface area contributed by atoms with Crippen molar-refractivity contribution in [3.63, 3.8) is 0 Å². The highest BCUT2D eigenvalue weighted by atomic mass is 16.2. The molecule has 1 fully saturated rings. The predicted octanol–water partition coefficient (Wildman–Crippen LogP) is 2.44. The van der Waals surface area contributed by atoms with Crippen molar-refractivity contribution < 1.29 is 4.79 Å². The number of nitrogens with zero attached hydrogens (tertiary/aromatic N) is 1. The Bertz CT molecular complexity index is 585. The molecular formula is C20H32N4O. The van der Waals surface area contributed by atoms with Gasteiger partial charge in [-0.1, -0.05) is 51.1 Å². The van der Waals surface area contributed by atoms with Crippen LogP contribution in [0.25, 0.3) is 0 Å². The van der Waals surface area contributed by atoms with Crippen LogP contribution in [0.1, 0.15) is 46.1 Å².